The Morgan fingerprint density at radius 3 is 2.49 bits per heavy atom. The summed E-state index contributed by atoms with van der Waals surface area (Å²) < 4.78 is 49.0. The van der Waals surface area contributed by atoms with Crippen LogP contribution in [0.3, 0.4) is 0 Å². The third-order valence-corrected chi connectivity index (χ3v) is 6.56. The van der Waals surface area contributed by atoms with Gasteiger partial charge in [0.15, 0.2) is 5.78 Å². The maximum Gasteiger partial charge on any atom is 0.185 e. The van der Waals surface area contributed by atoms with E-state index in [1.54, 1.807) is 12.3 Å². The van der Waals surface area contributed by atoms with E-state index in [9.17, 15) is 28.2 Å². The van der Waals surface area contributed by atoms with E-state index in [1.165, 1.54) is 6.20 Å². The molecular formula is C26H23F3N2O4. The zero-order chi connectivity index (χ0) is 24.7. The van der Waals surface area contributed by atoms with Crippen LogP contribution in [-0.4, -0.2) is 44.3 Å². The lowest BCUT2D eigenvalue weighted by Gasteiger charge is -2.38. The summed E-state index contributed by atoms with van der Waals surface area (Å²) in [5.41, 5.74) is -0.221. The smallest absolute Gasteiger partial charge is 0.185 e. The van der Waals surface area contributed by atoms with E-state index in [0.29, 0.717) is 11.1 Å². The average molecular weight is 484 g/mol. The lowest BCUT2D eigenvalue weighted by atomic mass is 9.89. The van der Waals surface area contributed by atoms with Gasteiger partial charge < -0.3 is 14.9 Å². The first-order chi connectivity index (χ1) is 16.8. The second kappa shape index (κ2) is 9.49. The van der Waals surface area contributed by atoms with E-state index >= 15 is 0 Å². The number of hydrogen-bond donors (Lipinski definition) is 2. The molecule has 1 aliphatic carbocycles. The van der Waals surface area contributed by atoms with Crippen molar-refractivity contribution in [3.8, 4) is 11.3 Å². The summed E-state index contributed by atoms with van der Waals surface area (Å²) in [6.45, 7) is 0. The number of halogens is 3. The van der Waals surface area contributed by atoms with Gasteiger partial charge >= 0.3 is 0 Å². The van der Waals surface area contributed by atoms with Crippen LogP contribution in [0.25, 0.3) is 11.3 Å². The van der Waals surface area contributed by atoms with Crippen LogP contribution in [0, 0.1) is 23.4 Å². The minimum Gasteiger partial charge on any atom is -0.390 e. The highest BCUT2D eigenvalue weighted by atomic mass is 19.1. The van der Waals surface area contributed by atoms with Gasteiger partial charge in [0.05, 0.1) is 23.9 Å². The van der Waals surface area contributed by atoms with Crippen molar-refractivity contribution in [3.63, 3.8) is 0 Å². The molecule has 4 atom stereocenters. The van der Waals surface area contributed by atoms with E-state index in [2.05, 4.69) is 9.97 Å². The van der Waals surface area contributed by atoms with Crippen molar-refractivity contribution >= 4 is 5.78 Å². The number of Topliss-reactive ketones (excluding diaryl/α,β-unsaturated/α-hetero) is 1. The predicted molar refractivity (Wildman–Crippen MR) is 119 cm³/mol. The van der Waals surface area contributed by atoms with Gasteiger partial charge in [-0.15, -0.1) is 0 Å². The topological polar surface area (TPSA) is 92.5 Å². The van der Waals surface area contributed by atoms with Gasteiger partial charge in [-0.1, -0.05) is 6.07 Å². The number of rotatable bonds is 6. The van der Waals surface area contributed by atoms with Gasteiger partial charge in [0, 0.05) is 25.2 Å². The highest BCUT2D eigenvalue weighted by Gasteiger charge is 2.45. The molecule has 3 aromatic rings. The van der Waals surface area contributed by atoms with E-state index in [1.807, 2.05) is 0 Å². The highest BCUT2D eigenvalue weighted by molar-refractivity contribution is 5.96. The lowest BCUT2D eigenvalue weighted by molar-refractivity contribution is -0.177. The van der Waals surface area contributed by atoms with Crippen molar-refractivity contribution in [1.82, 2.24) is 9.97 Å². The Balaban J connectivity index is 1.42. The van der Waals surface area contributed by atoms with Gasteiger partial charge in [-0.25, -0.2) is 18.2 Å². The number of benzene rings is 1. The number of aliphatic hydroxyl groups excluding tert-OH is 2. The SMILES string of the molecule is O=C(Cc1cnccc1[C@@H]1C[C@H](O)[C@@H](O)[C@H](C2CC2)O1)c1ccc(F)c(-c2c(F)cccc2F)n1. The summed E-state index contributed by atoms with van der Waals surface area (Å²) in [4.78, 5) is 21.1. The second-order valence-electron chi connectivity index (χ2n) is 9.02. The minimum absolute atomic E-state index is 0.154. The van der Waals surface area contributed by atoms with Crippen molar-refractivity contribution in [2.24, 2.45) is 5.92 Å². The van der Waals surface area contributed by atoms with Crippen LogP contribution in [-0.2, 0) is 11.2 Å². The first kappa shape index (κ1) is 23.6. The van der Waals surface area contributed by atoms with Crippen molar-refractivity contribution in [3.05, 3.63) is 83.1 Å². The van der Waals surface area contributed by atoms with E-state index in [0.717, 1.165) is 43.2 Å². The quantitative estimate of drug-likeness (QED) is 0.515. The first-order valence-electron chi connectivity index (χ1n) is 11.4. The third kappa shape index (κ3) is 4.71. The van der Waals surface area contributed by atoms with Crippen molar-refractivity contribution < 1.29 is 32.9 Å². The molecule has 6 nitrogen and oxygen atoms in total. The van der Waals surface area contributed by atoms with Crippen LogP contribution in [0.4, 0.5) is 13.2 Å². The number of aliphatic hydroxyl groups is 2. The third-order valence-electron chi connectivity index (χ3n) is 6.56. The van der Waals surface area contributed by atoms with Crippen molar-refractivity contribution in [2.45, 2.75) is 50.1 Å². The molecule has 0 bridgehead atoms. The molecule has 5 rings (SSSR count). The minimum atomic E-state index is -0.990. The molecule has 2 N–H and O–H groups in total. The Morgan fingerprint density at radius 2 is 1.77 bits per heavy atom. The Kier molecular flexibility index (Phi) is 6.39. The van der Waals surface area contributed by atoms with Crippen molar-refractivity contribution in [2.75, 3.05) is 0 Å². The molecule has 1 saturated heterocycles. The summed E-state index contributed by atoms with van der Waals surface area (Å²) in [5.74, 6) is -3.25. The monoisotopic (exact) mass is 484 g/mol. The molecule has 9 heteroatoms. The van der Waals surface area contributed by atoms with Crippen LogP contribution in [0.1, 0.15) is 47.0 Å². The van der Waals surface area contributed by atoms with E-state index in [-0.39, 0.29) is 24.5 Å². The molecule has 2 aromatic heterocycles. The highest BCUT2D eigenvalue weighted by Crippen LogP contribution is 2.43. The summed E-state index contributed by atoms with van der Waals surface area (Å²) in [7, 11) is 0. The zero-order valence-corrected chi connectivity index (χ0v) is 18.6. The molecule has 1 aliphatic heterocycles. The van der Waals surface area contributed by atoms with Gasteiger partial charge in [-0.3, -0.25) is 9.78 Å². The molecule has 35 heavy (non-hydrogen) atoms. The number of aromatic nitrogens is 2. The fourth-order valence-corrected chi connectivity index (χ4v) is 4.58. The molecule has 2 fully saturated rings. The summed E-state index contributed by atoms with van der Waals surface area (Å²) in [5, 5.41) is 20.7. The average Bonchev–Trinajstić information content (AvgIpc) is 3.67. The fraction of sp³-hybridized carbons (Fsp3) is 0.346. The van der Waals surface area contributed by atoms with Gasteiger partial charge in [0.2, 0.25) is 0 Å². The van der Waals surface area contributed by atoms with Crippen LogP contribution >= 0.6 is 0 Å². The molecular weight excluding hydrogens is 461 g/mol. The van der Waals surface area contributed by atoms with Gasteiger partial charge in [0.25, 0.3) is 0 Å². The van der Waals surface area contributed by atoms with E-state index < -0.39 is 58.9 Å². The Morgan fingerprint density at radius 1 is 1.03 bits per heavy atom. The molecule has 0 amide bonds. The van der Waals surface area contributed by atoms with Gasteiger partial charge in [0.1, 0.15) is 34.9 Å². The summed E-state index contributed by atoms with van der Waals surface area (Å²) >= 11 is 0. The Labute approximate surface area is 199 Å². The van der Waals surface area contributed by atoms with Crippen LogP contribution in [0.2, 0.25) is 0 Å². The number of carbonyl (C=O) groups is 1. The number of ether oxygens (including phenoxy) is 1. The maximum absolute atomic E-state index is 14.4. The fourth-order valence-electron chi connectivity index (χ4n) is 4.58. The molecule has 1 aromatic carbocycles. The maximum atomic E-state index is 14.4. The molecule has 2 aliphatic rings. The van der Waals surface area contributed by atoms with E-state index in [4.69, 9.17) is 4.74 Å². The molecule has 182 valence electrons. The number of nitrogens with zero attached hydrogens (tertiary/aromatic N) is 2. The second-order valence-corrected chi connectivity index (χ2v) is 9.02. The van der Waals surface area contributed by atoms with Crippen molar-refractivity contribution in [1.29, 1.82) is 0 Å². The number of pyridine rings is 2. The summed E-state index contributed by atoms with van der Waals surface area (Å²) in [6, 6.07) is 6.94. The number of hydrogen-bond acceptors (Lipinski definition) is 6. The van der Waals surface area contributed by atoms with Crippen LogP contribution < -0.4 is 0 Å². The largest absolute Gasteiger partial charge is 0.390 e. The first-order valence-corrected chi connectivity index (χ1v) is 11.4. The molecule has 1 saturated carbocycles. The normalized spacial score (nSPS) is 24.4. The standard InChI is InChI=1S/C26H23F3N2O4/c27-16-2-1-3-17(28)23(16)24-18(29)6-7-19(31-24)20(32)10-14-12-30-9-8-15(14)22-11-21(33)25(34)26(35-22)13-4-5-13/h1-3,6-9,12-13,21-22,25-26,33-34H,4-5,10-11H2/t21-,22-,25+,26-/m0/s1. The molecule has 0 spiro atoms. The molecule has 0 unspecified atom stereocenters. The lowest BCUT2D eigenvalue weighted by Crippen LogP contribution is -2.46. The Bertz CT molecular complexity index is 1250. The van der Waals surface area contributed by atoms with Crippen LogP contribution in [0.5, 0.6) is 0 Å². The number of ketones is 1. The zero-order valence-electron chi connectivity index (χ0n) is 18.6. The van der Waals surface area contributed by atoms with Gasteiger partial charge in [-0.05, 0) is 60.2 Å². The summed E-state index contributed by atoms with van der Waals surface area (Å²) in [6.07, 6.45) is 1.90. The number of carbonyl (C=O) groups excluding carboxylic acids is 1. The van der Waals surface area contributed by atoms with Crippen LogP contribution in [0.15, 0.2) is 48.8 Å². The van der Waals surface area contributed by atoms with Gasteiger partial charge in [-0.2, -0.15) is 0 Å². The predicted octanol–water partition coefficient (Wildman–Crippen LogP) is 3.95. The Hall–Kier alpha value is -3.14. The molecule has 0 radical (unpaired) electrons. The molecule has 3 heterocycles.